The van der Waals surface area contributed by atoms with Gasteiger partial charge in [-0.1, -0.05) is 48.0 Å². The number of benzene rings is 2. The Bertz CT molecular complexity index is 834. The van der Waals surface area contributed by atoms with Crippen LogP contribution in [0, 0.1) is 6.92 Å². The molecule has 0 spiro atoms. The molecule has 0 unspecified atom stereocenters. The van der Waals surface area contributed by atoms with E-state index in [0.29, 0.717) is 5.56 Å². The summed E-state index contributed by atoms with van der Waals surface area (Å²) in [5.41, 5.74) is 0.532. The quantitative estimate of drug-likeness (QED) is 0.270. The van der Waals surface area contributed by atoms with Gasteiger partial charge in [0.15, 0.2) is 5.57 Å². The van der Waals surface area contributed by atoms with Gasteiger partial charge >= 0.3 is 17.9 Å². The van der Waals surface area contributed by atoms with E-state index < -0.39 is 23.5 Å². The number of hydrogen-bond acceptors (Lipinski definition) is 6. The number of methoxy groups -OCH3 is 2. The van der Waals surface area contributed by atoms with Crippen molar-refractivity contribution in [2.75, 3.05) is 14.2 Å². The second-order valence-corrected chi connectivity index (χ2v) is 5.30. The zero-order valence-electron chi connectivity index (χ0n) is 14.6. The van der Waals surface area contributed by atoms with Gasteiger partial charge < -0.3 is 14.2 Å². The monoisotopic (exact) mass is 354 g/mol. The van der Waals surface area contributed by atoms with E-state index in [1.165, 1.54) is 0 Å². The summed E-state index contributed by atoms with van der Waals surface area (Å²) in [6.45, 7) is 1.87. The molecular formula is C20H18O6. The van der Waals surface area contributed by atoms with Crippen LogP contribution in [0.5, 0.6) is 5.75 Å². The summed E-state index contributed by atoms with van der Waals surface area (Å²) < 4.78 is 14.7. The van der Waals surface area contributed by atoms with Crippen molar-refractivity contribution in [3.8, 4) is 5.75 Å². The van der Waals surface area contributed by atoms with Crippen molar-refractivity contribution in [3.05, 3.63) is 71.3 Å². The maximum Gasteiger partial charge on any atom is 0.351 e. The molecule has 6 heteroatoms. The van der Waals surface area contributed by atoms with Crippen LogP contribution < -0.4 is 4.74 Å². The maximum atomic E-state index is 12.6. The Morgan fingerprint density at radius 1 is 0.731 bits per heavy atom. The molecule has 0 saturated carbocycles. The van der Waals surface area contributed by atoms with E-state index in [2.05, 4.69) is 4.74 Å². The molecule has 0 bridgehead atoms. The molecule has 0 aliphatic rings. The minimum atomic E-state index is -1.01. The number of aryl methyl sites for hydroxylation is 1. The molecule has 0 aliphatic heterocycles. The summed E-state index contributed by atoms with van der Waals surface area (Å²) >= 11 is 0. The van der Waals surface area contributed by atoms with Gasteiger partial charge in [-0.15, -0.1) is 0 Å². The predicted molar refractivity (Wildman–Crippen MR) is 94.2 cm³/mol. The Morgan fingerprint density at radius 3 is 1.85 bits per heavy atom. The smallest absolute Gasteiger partial charge is 0.351 e. The highest BCUT2D eigenvalue weighted by molar-refractivity contribution is 6.32. The van der Waals surface area contributed by atoms with Crippen LogP contribution in [0.1, 0.15) is 11.1 Å². The lowest BCUT2D eigenvalue weighted by Gasteiger charge is -2.12. The minimum Gasteiger partial charge on any atom is -0.465 e. The SMILES string of the molecule is COC(=O)/C(C(=O)Oc1ccccc1)=C(/C(=O)OC)c1ccc(C)cc1. The molecule has 2 aromatic carbocycles. The standard InChI is InChI=1S/C20H18O6/c1-13-9-11-14(12-10-13)16(18(21)24-2)17(19(22)25-3)20(23)26-15-7-5-4-6-8-15/h4-12H,1-3H3/b17-16-. The van der Waals surface area contributed by atoms with E-state index >= 15 is 0 Å². The molecule has 2 rings (SSSR count). The number of rotatable bonds is 5. The zero-order chi connectivity index (χ0) is 19.1. The molecule has 0 fully saturated rings. The van der Waals surface area contributed by atoms with E-state index in [4.69, 9.17) is 9.47 Å². The Labute approximate surface area is 151 Å². The van der Waals surface area contributed by atoms with E-state index in [0.717, 1.165) is 19.8 Å². The first kappa shape index (κ1) is 18.9. The van der Waals surface area contributed by atoms with Crippen LogP contribution in [0.25, 0.3) is 5.57 Å². The van der Waals surface area contributed by atoms with Crippen LogP contribution in [0.2, 0.25) is 0 Å². The predicted octanol–water partition coefficient (Wildman–Crippen LogP) is 2.70. The highest BCUT2D eigenvalue weighted by Crippen LogP contribution is 2.24. The Kier molecular flexibility index (Phi) is 6.27. The number of carbonyl (C=O) groups is 3. The van der Waals surface area contributed by atoms with Crippen molar-refractivity contribution >= 4 is 23.5 Å². The molecule has 0 aliphatic carbocycles. The fourth-order valence-electron chi connectivity index (χ4n) is 2.22. The summed E-state index contributed by atoms with van der Waals surface area (Å²) in [6.07, 6.45) is 0. The van der Waals surface area contributed by atoms with Crippen molar-refractivity contribution in [1.29, 1.82) is 0 Å². The third-order valence-electron chi connectivity index (χ3n) is 3.53. The molecule has 0 saturated heterocycles. The van der Waals surface area contributed by atoms with E-state index in [9.17, 15) is 14.4 Å². The number of para-hydroxylation sites is 1. The summed E-state index contributed by atoms with van der Waals surface area (Å²) in [4.78, 5) is 37.2. The average molecular weight is 354 g/mol. The van der Waals surface area contributed by atoms with Crippen LogP contribution in [0.15, 0.2) is 60.2 Å². The fourth-order valence-corrected chi connectivity index (χ4v) is 2.22. The summed E-state index contributed by atoms with van der Waals surface area (Å²) in [7, 11) is 2.27. The molecule has 0 atom stereocenters. The number of esters is 3. The molecule has 6 nitrogen and oxygen atoms in total. The third-order valence-corrected chi connectivity index (χ3v) is 3.53. The van der Waals surface area contributed by atoms with Crippen molar-refractivity contribution in [2.45, 2.75) is 6.92 Å². The molecular weight excluding hydrogens is 336 g/mol. The first-order chi connectivity index (χ1) is 12.5. The second-order valence-electron chi connectivity index (χ2n) is 5.30. The Hall–Kier alpha value is -3.41. The van der Waals surface area contributed by atoms with Gasteiger partial charge in [-0.25, -0.2) is 14.4 Å². The highest BCUT2D eigenvalue weighted by Gasteiger charge is 2.31. The molecule has 0 N–H and O–H groups in total. The van der Waals surface area contributed by atoms with Crippen molar-refractivity contribution < 1.29 is 28.6 Å². The van der Waals surface area contributed by atoms with Gasteiger partial charge in [-0.05, 0) is 24.6 Å². The molecule has 134 valence electrons. The van der Waals surface area contributed by atoms with E-state index in [1.807, 2.05) is 6.92 Å². The minimum absolute atomic E-state index is 0.222. The van der Waals surface area contributed by atoms with Gasteiger partial charge in [0.1, 0.15) is 5.75 Å². The van der Waals surface area contributed by atoms with Crippen molar-refractivity contribution in [1.82, 2.24) is 0 Å². The molecule has 2 aromatic rings. The lowest BCUT2D eigenvalue weighted by atomic mass is 9.98. The Balaban J connectivity index is 2.60. The molecule has 26 heavy (non-hydrogen) atoms. The van der Waals surface area contributed by atoms with Gasteiger partial charge in [-0.2, -0.15) is 0 Å². The van der Waals surface area contributed by atoms with Gasteiger partial charge in [0.2, 0.25) is 0 Å². The first-order valence-electron chi connectivity index (χ1n) is 7.73. The third kappa shape index (κ3) is 4.36. The van der Waals surface area contributed by atoms with Crippen LogP contribution in [0.4, 0.5) is 0 Å². The van der Waals surface area contributed by atoms with Gasteiger partial charge in [0, 0.05) is 0 Å². The largest absolute Gasteiger partial charge is 0.465 e. The molecule has 0 radical (unpaired) electrons. The lowest BCUT2D eigenvalue weighted by Crippen LogP contribution is -2.24. The topological polar surface area (TPSA) is 78.9 Å². The second kappa shape index (κ2) is 8.62. The Morgan fingerprint density at radius 2 is 1.31 bits per heavy atom. The van der Waals surface area contributed by atoms with Gasteiger partial charge in [-0.3, -0.25) is 0 Å². The van der Waals surface area contributed by atoms with E-state index in [-0.39, 0.29) is 11.3 Å². The number of hydrogen-bond donors (Lipinski definition) is 0. The molecule has 0 heterocycles. The highest BCUT2D eigenvalue weighted by atomic mass is 16.6. The van der Waals surface area contributed by atoms with Crippen LogP contribution in [-0.2, 0) is 23.9 Å². The van der Waals surface area contributed by atoms with Crippen LogP contribution in [0.3, 0.4) is 0 Å². The lowest BCUT2D eigenvalue weighted by molar-refractivity contribution is -0.142. The normalized spacial score (nSPS) is 11.2. The molecule has 0 amide bonds. The average Bonchev–Trinajstić information content (AvgIpc) is 2.66. The van der Waals surface area contributed by atoms with Crippen molar-refractivity contribution in [3.63, 3.8) is 0 Å². The van der Waals surface area contributed by atoms with Crippen LogP contribution in [-0.4, -0.2) is 32.1 Å². The van der Waals surface area contributed by atoms with Crippen molar-refractivity contribution in [2.24, 2.45) is 0 Å². The van der Waals surface area contributed by atoms with Gasteiger partial charge in [0.05, 0.1) is 19.8 Å². The first-order valence-corrected chi connectivity index (χ1v) is 7.73. The van der Waals surface area contributed by atoms with Crippen LogP contribution >= 0.6 is 0 Å². The number of ether oxygens (including phenoxy) is 3. The van der Waals surface area contributed by atoms with E-state index in [1.54, 1.807) is 54.6 Å². The maximum absolute atomic E-state index is 12.6. The summed E-state index contributed by atoms with van der Waals surface area (Å²) in [6, 6.07) is 14.9. The summed E-state index contributed by atoms with van der Waals surface area (Å²) in [5.74, 6) is -2.62. The molecule has 0 aromatic heterocycles. The van der Waals surface area contributed by atoms with Gasteiger partial charge in [0.25, 0.3) is 0 Å². The number of carbonyl (C=O) groups excluding carboxylic acids is 3. The summed E-state index contributed by atoms with van der Waals surface area (Å²) in [5, 5.41) is 0. The zero-order valence-corrected chi connectivity index (χ0v) is 14.6. The fraction of sp³-hybridized carbons (Fsp3) is 0.150.